The lowest BCUT2D eigenvalue weighted by molar-refractivity contribution is -0.0729. The Balaban J connectivity index is 1.85. The molecule has 0 spiro atoms. The molecule has 1 aromatic rings. The second-order valence-electron chi connectivity index (χ2n) is 5.02. The second kappa shape index (κ2) is 3.89. The molecule has 2 unspecified atom stereocenters. The van der Waals surface area contributed by atoms with Crippen molar-refractivity contribution in [2.75, 3.05) is 0 Å². The van der Waals surface area contributed by atoms with E-state index in [0.717, 1.165) is 13.0 Å². The van der Waals surface area contributed by atoms with Crippen molar-refractivity contribution in [1.82, 2.24) is 5.32 Å². The van der Waals surface area contributed by atoms with E-state index in [0.29, 0.717) is 6.04 Å². The van der Waals surface area contributed by atoms with Gasteiger partial charge in [0.15, 0.2) is 0 Å². The molecule has 2 nitrogen and oxygen atoms in total. The zero-order valence-electron chi connectivity index (χ0n) is 9.58. The average molecular weight is 225 g/mol. The van der Waals surface area contributed by atoms with Gasteiger partial charge < -0.3 is 10.4 Å². The van der Waals surface area contributed by atoms with Crippen molar-refractivity contribution in [2.24, 2.45) is 5.41 Å². The van der Waals surface area contributed by atoms with E-state index in [4.69, 9.17) is 0 Å². The van der Waals surface area contributed by atoms with Crippen LogP contribution in [-0.2, 0) is 6.54 Å². The standard InChI is InChI=1S/C12H19NOS/c1-8-4-5-9(15-8)7-13-10-6-11(14)12(10,2)3/h4-5,10-11,13-14H,6-7H2,1-3H3. The molecule has 0 aliphatic heterocycles. The average Bonchev–Trinajstić information content (AvgIpc) is 2.58. The first kappa shape index (κ1) is 11.1. The van der Waals surface area contributed by atoms with Gasteiger partial charge in [0.25, 0.3) is 0 Å². The molecule has 0 saturated heterocycles. The Morgan fingerprint density at radius 1 is 1.53 bits per heavy atom. The largest absolute Gasteiger partial charge is 0.392 e. The van der Waals surface area contributed by atoms with Crippen LogP contribution in [0.1, 0.15) is 30.0 Å². The molecule has 1 heterocycles. The Bertz CT molecular complexity index is 345. The Kier molecular flexibility index (Phi) is 2.88. The molecule has 0 radical (unpaired) electrons. The molecule has 84 valence electrons. The SMILES string of the molecule is Cc1ccc(CNC2CC(O)C2(C)C)s1. The lowest BCUT2D eigenvalue weighted by Gasteiger charge is -2.49. The summed E-state index contributed by atoms with van der Waals surface area (Å²) in [6, 6.07) is 4.78. The molecular formula is C12H19NOS. The van der Waals surface area contributed by atoms with E-state index >= 15 is 0 Å². The minimum absolute atomic E-state index is 0.0340. The van der Waals surface area contributed by atoms with E-state index in [2.05, 4.69) is 38.2 Å². The van der Waals surface area contributed by atoms with Gasteiger partial charge >= 0.3 is 0 Å². The van der Waals surface area contributed by atoms with E-state index in [9.17, 15) is 5.11 Å². The van der Waals surface area contributed by atoms with Crippen LogP contribution in [0.2, 0.25) is 0 Å². The molecule has 2 atom stereocenters. The summed E-state index contributed by atoms with van der Waals surface area (Å²) in [6.45, 7) is 7.31. The number of nitrogens with one attached hydrogen (secondary N) is 1. The fourth-order valence-electron chi connectivity index (χ4n) is 2.05. The summed E-state index contributed by atoms with van der Waals surface area (Å²) in [4.78, 5) is 2.74. The van der Waals surface area contributed by atoms with Crippen LogP contribution in [0, 0.1) is 12.3 Å². The summed E-state index contributed by atoms with van der Waals surface area (Å²) in [5.74, 6) is 0. The van der Waals surface area contributed by atoms with Gasteiger partial charge in [0.1, 0.15) is 0 Å². The molecule has 3 heteroatoms. The maximum absolute atomic E-state index is 9.61. The smallest absolute Gasteiger partial charge is 0.0621 e. The number of hydrogen-bond donors (Lipinski definition) is 2. The van der Waals surface area contributed by atoms with Crippen molar-refractivity contribution in [2.45, 2.75) is 45.9 Å². The van der Waals surface area contributed by atoms with E-state index < -0.39 is 0 Å². The third-order valence-corrected chi connectivity index (χ3v) is 4.54. The molecule has 2 N–H and O–H groups in total. The summed E-state index contributed by atoms with van der Waals surface area (Å²) < 4.78 is 0. The molecule has 0 amide bonds. The van der Waals surface area contributed by atoms with Crippen molar-refractivity contribution in [3.8, 4) is 0 Å². The highest BCUT2D eigenvalue weighted by Gasteiger charge is 2.46. The number of aliphatic hydroxyl groups is 1. The molecule has 1 aromatic heterocycles. The monoisotopic (exact) mass is 225 g/mol. The van der Waals surface area contributed by atoms with E-state index in [1.54, 1.807) is 0 Å². The predicted octanol–water partition coefficient (Wildman–Crippen LogP) is 2.31. The topological polar surface area (TPSA) is 32.3 Å². The van der Waals surface area contributed by atoms with Gasteiger partial charge in [-0.1, -0.05) is 13.8 Å². The van der Waals surface area contributed by atoms with Crippen LogP contribution in [0.25, 0.3) is 0 Å². The highest BCUT2D eigenvalue weighted by molar-refractivity contribution is 7.11. The highest BCUT2D eigenvalue weighted by Crippen LogP contribution is 2.40. The van der Waals surface area contributed by atoms with Crippen molar-refractivity contribution in [3.63, 3.8) is 0 Å². The van der Waals surface area contributed by atoms with Crippen molar-refractivity contribution < 1.29 is 5.11 Å². The van der Waals surface area contributed by atoms with Crippen LogP contribution < -0.4 is 5.32 Å². The number of rotatable bonds is 3. The van der Waals surface area contributed by atoms with Gasteiger partial charge in [-0.05, 0) is 25.5 Å². The van der Waals surface area contributed by atoms with Gasteiger partial charge in [-0.2, -0.15) is 0 Å². The van der Waals surface area contributed by atoms with E-state index in [1.807, 2.05) is 11.3 Å². The quantitative estimate of drug-likeness (QED) is 0.827. The minimum atomic E-state index is -0.139. The maximum Gasteiger partial charge on any atom is 0.0621 e. The highest BCUT2D eigenvalue weighted by atomic mass is 32.1. The molecule has 1 aliphatic carbocycles. The summed E-state index contributed by atoms with van der Waals surface area (Å²) in [6.07, 6.45) is 0.747. The van der Waals surface area contributed by atoms with Gasteiger partial charge in [0, 0.05) is 27.8 Å². The Morgan fingerprint density at radius 3 is 2.73 bits per heavy atom. The molecule has 1 saturated carbocycles. The van der Waals surface area contributed by atoms with Crippen LogP contribution in [0.4, 0.5) is 0 Å². The van der Waals surface area contributed by atoms with Crippen LogP contribution >= 0.6 is 11.3 Å². The van der Waals surface area contributed by atoms with E-state index in [1.165, 1.54) is 9.75 Å². The van der Waals surface area contributed by atoms with Gasteiger partial charge in [0.2, 0.25) is 0 Å². The normalized spacial score (nSPS) is 28.8. The van der Waals surface area contributed by atoms with Gasteiger partial charge in [0.05, 0.1) is 6.10 Å². The van der Waals surface area contributed by atoms with Crippen molar-refractivity contribution in [3.05, 3.63) is 21.9 Å². The molecule has 1 aliphatic rings. The third-order valence-electron chi connectivity index (χ3n) is 3.53. The third kappa shape index (κ3) is 2.10. The van der Waals surface area contributed by atoms with E-state index in [-0.39, 0.29) is 11.5 Å². The van der Waals surface area contributed by atoms with Gasteiger partial charge in [-0.15, -0.1) is 11.3 Å². The zero-order valence-corrected chi connectivity index (χ0v) is 10.4. The van der Waals surface area contributed by atoms with Crippen molar-refractivity contribution in [1.29, 1.82) is 0 Å². The van der Waals surface area contributed by atoms with Crippen molar-refractivity contribution >= 4 is 11.3 Å². The maximum atomic E-state index is 9.61. The molecule has 0 aromatic carbocycles. The summed E-state index contributed by atoms with van der Waals surface area (Å²) in [5.41, 5.74) is 0.0340. The predicted molar refractivity (Wildman–Crippen MR) is 64.1 cm³/mol. The van der Waals surface area contributed by atoms with Gasteiger partial charge in [-0.3, -0.25) is 0 Å². The van der Waals surface area contributed by atoms with Crippen LogP contribution in [0.5, 0.6) is 0 Å². The fraction of sp³-hybridized carbons (Fsp3) is 0.667. The lowest BCUT2D eigenvalue weighted by atomic mass is 9.64. The molecule has 15 heavy (non-hydrogen) atoms. The number of thiophene rings is 1. The number of hydrogen-bond acceptors (Lipinski definition) is 3. The molecule has 0 bridgehead atoms. The Labute approximate surface area is 95.3 Å². The first-order valence-corrected chi connectivity index (χ1v) is 6.28. The lowest BCUT2D eigenvalue weighted by Crippen LogP contribution is -2.59. The fourth-order valence-corrected chi connectivity index (χ4v) is 2.89. The van der Waals surface area contributed by atoms with Crippen LogP contribution in [0.3, 0.4) is 0 Å². The first-order chi connectivity index (χ1) is 7.00. The molecule has 2 rings (SSSR count). The minimum Gasteiger partial charge on any atom is -0.392 e. The summed E-state index contributed by atoms with van der Waals surface area (Å²) in [7, 11) is 0. The van der Waals surface area contributed by atoms with Crippen LogP contribution in [-0.4, -0.2) is 17.3 Å². The Morgan fingerprint density at radius 2 is 2.27 bits per heavy atom. The van der Waals surface area contributed by atoms with Gasteiger partial charge in [-0.25, -0.2) is 0 Å². The summed E-state index contributed by atoms with van der Waals surface area (Å²) >= 11 is 1.84. The zero-order chi connectivity index (χ0) is 11.1. The summed E-state index contributed by atoms with van der Waals surface area (Å²) in [5, 5.41) is 13.1. The Hall–Kier alpha value is -0.380. The molecular weight excluding hydrogens is 206 g/mol. The number of aliphatic hydroxyl groups excluding tert-OH is 1. The first-order valence-electron chi connectivity index (χ1n) is 5.47. The number of aryl methyl sites for hydroxylation is 1. The molecule has 1 fully saturated rings. The van der Waals surface area contributed by atoms with Crippen LogP contribution in [0.15, 0.2) is 12.1 Å². The second-order valence-corrected chi connectivity index (χ2v) is 6.39.